The van der Waals surface area contributed by atoms with Gasteiger partial charge >= 0.3 is 0 Å². The molecule has 164 valence electrons. The fraction of sp³-hybridized carbons (Fsp3) is 0.259. The minimum absolute atomic E-state index is 0.243. The zero-order chi connectivity index (χ0) is 22.3. The molecule has 1 N–H and O–H groups in total. The number of halogens is 1. The number of hydrogen-bond donors (Lipinski definition) is 1. The topological polar surface area (TPSA) is 41.0 Å². The van der Waals surface area contributed by atoms with Crippen LogP contribution in [0.2, 0.25) is 0 Å². The lowest BCUT2D eigenvalue weighted by Crippen LogP contribution is -2.25. The van der Waals surface area contributed by atoms with Gasteiger partial charge in [-0.2, -0.15) is 0 Å². The third kappa shape index (κ3) is 5.29. The van der Waals surface area contributed by atoms with Crippen LogP contribution in [0.5, 0.6) is 0 Å². The van der Waals surface area contributed by atoms with Crippen molar-refractivity contribution in [2.45, 2.75) is 20.3 Å². The first-order chi connectivity index (χ1) is 15.7. The summed E-state index contributed by atoms with van der Waals surface area (Å²) in [6.45, 7) is 8.42. The number of fused-ring (bicyclic) bond motifs is 2. The summed E-state index contributed by atoms with van der Waals surface area (Å²) in [5, 5.41) is 6.88. The van der Waals surface area contributed by atoms with Gasteiger partial charge in [0.05, 0.1) is 5.52 Å². The zero-order valence-electron chi connectivity index (χ0n) is 18.7. The molecule has 0 radical (unpaired) electrons. The Kier molecular flexibility index (Phi) is 7.07. The largest absolute Gasteiger partial charge is 0.369 e. The number of nitrogens with one attached hydrogen (secondary N) is 1. The second-order valence-corrected chi connectivity index (χ2v) is 7.84. The molecular weight excluding hydrogens is 399 g/mol. The summed E-state index contributed by atoms with van der Waals surface area (Å²) >= 11 is 0. The maximum atomic E-state index is 13.2. The van der Waals surface area contributed by atoms with Crippen LogP contribution in [0, 0.1) is 5.82 Å². The van der Waals surface area contributed by atoms with E-state index in [1.807, 2.05) is 24.3 Å². The number of benzene rings is 3. The molecule has 4 rings (SSSR count). The quantitative estimate of drug-likeness (QED) is 0.253. The molecule has 3 aromatic carbocycles. The van der Waals surface area contributed by atoms with Gasteiger partial charge in [0.25, 0.3) is 0 Å². The summed E-state index contributed by atoms with van der Waals surface area (Å²) in [6.07, 6.45) is 4.83. The summed E-state index contributed by atoms with van der Waals surface area (Å²) < 4.78 is 13.2. The van der Waals surface area contributed by atoms with Gasteiger partial charge in [0, 0.05) is 11.9 Å². The van der Waals surface area contributed by atoms with Gasteiger partial charge in [-0.05, 0) is 72.7 Å². The molecule has 0 amide bonds. The first kappa shape index (κ1) is 21.9. The third-order valence-corrected chi connectivity index (χ3v) is 5.71. The van der Waals surface area contributed by atoms with E-state index in [1.165, 1.54) is 17.5 Å². The average molecular weight is 429 g/mol. The van der Waals surface area contributed by atoms with E-state index in [9.17, 15) is 4.39 Å². The maximum Gasteiger partial charge on any atom is 0.154 e. The van der Waals surface area contributed by atoms with E-state index in [0.29, 0.717) is 5.82 Å². The van der Waals surface area contributed by atoms with Crippen LogP contribution in [0.15, 0.2) is 60.7 Å². The first-order valence-electron chi connectivity index (χ1n) is 11.3. The molecule has 0 aliphatic heterocycles. The van der Waals surface area contributed by atoms with Crippen molar-refractivity contribution in [1.29, 1.82) is 0 Å². The highest BCUT2D eigenvalue weighted by molar-refractivity contribution is 6.01. The van der Waals surface area contributed by atoms with Crippen LogP contribution in [0.25, 0.3) is 33.8 Å². The van der Waals surface area contributed by atoms with Gasteiger partial charge in [0.1, 0.15) is 11.6 Å². The summed E-state index contributed by atoms with van der Waals surface area (Å²) in [7, 11) is 0. The monoisotopic (exact) mass is 428 g/mol. The Morgan fingerprint density at radius 2 is 1.62 bits per heavy atom. The Hall–Kier alpha value is -3.31. The molecule has 0 spiro atoms. The van der Waals surface area contributed by atoms with E-state index in [-0.39, 0.29) is 5.82 Å². The van der Waals surface area contributed by atoms with Crippen LogP contribution in [-0.4, -0.2) is 41.0 Å². The molecule has 0 bridgehead atoms. The van der Waals surface area contributed by atoms with E-state index in [1.54, 1.807) is 12.1 Å². The van der Waals surface area contributed by atoms with Gasteiger partial charge in [-0.3, -0.25) is 0 Å². The first-order valence-corrected chi connectivity index (χ1v) is 11.3. The van der Waals surface area contributed by atoms with Gasteiger partial charge in [0.2, 0.25) is 0 Å². The SMILES string of the molecule is CCN(CC)CCCNc1nc(/C=C/c2ccc(F)cc2)nc2cc3ccccc3cc12. The van der Waals surface area contributed by atoms with E-state index < -0.39 is 0 Å². The molecule has 0 aliphatic carbocycles. The standard InChI is InChI=1S/C27H29FN4/c1-3-32(4-2)17-7-16-29-27-24-18-21-8-5-6-9-22(21)19-25(24)30-26(31-27)15-12-20-10-13-23(28)14-11-20/h5-6,8-15,18-19H,3-4,7,16-17H2,1-2H3,(H,29,30,31)/b15-12+. The predicted octanol–water partition coefficient (Wildman–Crippen LogP) is 6.24. The van der Waals surface area contributed by atoms with E-state index in [2.05, 4.69) is 48.3 Å². The van der Waals surface area contributed by atoms with Crippen LogP contribution in [-0.2, 0) is 0 Å². The normalized spacial score (nSPS) is 11.8. The van der Waals surface area contributed by atoms with Crippen LogP contribution in [0.3, 0.4) is 0 Å². The van der Waals surface area contributed by atoms with Crippen molar-refractivity contribution in [3.63, 3.8) is 0 Å². The van der Waals surface area contributed by atoms with Gasteiger partial charge in [-0.1, -0.05) is 56.3 Å². The fourth-order valence-corrected chi connectivity index (χ4v) is 3.84. The highest BCUT2D eigenvalue weighted by Crippen LogP contribution is 2.27. The molecule has 0 atom stereocenters. The number of nitrogens with zero attached hydrogens (tertiary/aromatic N) is 3. The molecule has 1 aromatic heterocycles. The fourth-order valence-electron chi connectivity index (χ4n) is 3.84. The molecule has 0 fully saturated rings. The summed E-state index contributed by atoms with van der Waals surface area (Å²) in [4.78, 5) is 12.0. The maximum absolute atomic E-state index is 13.2. The van der Waals surface area contributed by atoms with Gasteiger partial charge in [-0.15, -0.1) is 0 Å². The lowest BCUT2D eigenvalue weighted by molar-refractivity contribution is 0.303. The minimum atomic E-state index is -0.243. The molecule has 0 saturated carbocycles. The summed E-state index contributed by atoms with van der Waals surface area (Å²) in [5.74, 6) is 1.23. The molecule has 32 heavy (non-hydrogen) atoms. The van der Waals surface area contributed by atoms with Crippen molar-refractivity contribution in [3.05, 3.63) is 77.9 Å². The molecular formula is C27H29FN4. The lowest BCUT2D eigenvalue weighted by atomic mass is 10.1. The van der Waals surface area contributed by atoms with E-state index in [0.717, 1.165) is 60.3 Å². The lowest BCUT2D eigenvalue weighted by Gasteiger charge is -2.18. The second-order valence-electron chi connectivity index (χ2n) is 7.84. The van der Waals surface area contributed by atoms with Crippen LogP contribution < -0.4 is 5.32 Å². The van der Waals surface area contributed by atoms with Crippen molar-refractivity contribution >= 4 is 39.6 Å². The van der Waals surface area contributed by atoms with Crippen LogP contribution in [0.1, 0.15) is 31.7 Å². The molecule has 0 saturated heterocycles. The number of rotatable bonds is 9. The Balaban J connectivity index is 1.64. The number of hydrogen-bond acceptors (Lipinski definition) is 4. The van der Waals surface area contributed by atoms with Crippen LogP contribution >= 0.6 is 0 Å². The van der Waals surface area contributed by atoms with Crippen molar-refractivity contribution in [2.75, 3.05) is 31.5 Å². The van der Waals surface area contributed by atoms with Gasteiger partial charge < -0.3 is 10.2 Å². The van der Waals surface area contributed by atoms with Crippen molar-refractivity contribution in [3.8, 4) is 0 Å². The third-order valence-electron chi connectivity index (χ3n) is 5.71. The number of anilines is 1. The highest BCUT2D eigenvalue weighted by Gasteiger charge is 2.09. The van der Waals surface area contributed by atoms with Crippen molar-refractivity contribution in [1.82, 2.24) is 14.9 Å². The molecule has 0 unspecified atom stereocenters. The smallest absolute Gasteiger partial charge is 0.154 e. The van der Waals surface area contributed by atoms with Gasteiger partial charge in [0.15, 0.2) is 5.82 Å². The molecule has 4 nitrogen and oxygen atoms in total. The summed E-state index contributed by atoms with van der Waals surface area (Å²) in [5.41, 5.74) is 1.81. The Bertz CT molecular complexity index is 1210. The van der Waals surface area contributed by atoms with Crippen molar-refractivity contribution in [2.24, 2.45) is 0 Å². The predicted molar refractivity (Wildman–Crippen MR) is 133 cm³/mol. The van der Waals surface area contributed by atoms with E-state index in [4.69, 9.17) is 9.97 Å². The second kappa shape index (κ2) is 10.3. The summed E-state index contributed by atoms with van der Waals surface area (Å²) in [6, 6.07) is 19.0. The zero-order valence-corrected chi connectivity index (χ0v) is 18.7. The Morgan fingerprint density at radius 3 is 2.34 bits per heavy atom. The molecule has 0 aliphatic rings. The van der Waals surface area contributed by atoms with Gasteiger partial charge in [-0.25, -0.2) is 14.4 Å². The molecule has 5 heteroatoms. The minimum Gasteiger partial charge on any atom is -0.369 e. The van der Waals surface area contributed by atoms with E-state index >= 15 is 0 Å². The Morgan fingerprint density at radius 1 is 0.906 bits per heavy atom. The Labute approximate surface area is 188 Å². The molecule has 4 aromatic rings. The highest BCUT2D eigenvalue weighted by atomic mass is 19.1. The number of aromatic nitrogens is 2. The molecule has 1 heterocycles. The average Bonchev–Trinajstić information content (AvgIpc) is 2.82. The van der Waals surface area contributed by atoms with Crippen molar-refractivity contribution < 1.29 is 4.39 Å². The van der Waals surface area contributed by atoms with Crippen LogP contribution in [0.4, 0.5) is 10.2 Å².